The second-order valence-electron chi connectivity index (χ2n) is 19.6. The van der Waals surface area contributed by atoms with Crippen molar-refractivity contribution in [2.24, 2.45) is 0 Å². The predicted octanol–water partition coefficient (Wildman–Crippen LogP) is 19.6. The van der Waals surface area contributed by atoms with Gasteiger partial charge in [0.1, 0.15) is 13.2 Å². The molecule has 68 heavy (non-hydrogen) atoms. The molecule has 394 valence electrons. The first-order valence-corrected chi connectivity index (χ1v) is 29.3. The van der Waals surface area contributed by atoms with E-state index in [1.807, 2.05) is 0 Å². The number of rotatable bonds is 53. The smallest absolute Gasteiger partial charge is 0.306 e. The van der Waals surface area contributed by atoms with Gasteiger partial charge < -0.3 is 14.2 Å². The lowest BCUT2D eigenvalue weighted by molar-refractivity contribution is -0.167. The second-order valence-corrected chi connectivity index (χ2v) is 19.6. The van der Waals surface area contributed by atoms with Crippen LogP contribution >= 0.6 is 0 Å². The Labute approximate surface area is 421 Å². The lowest BCUT2D eigenvalue weighted by atomic mass is 10.0. The van der Waals surface area contributed by atoms with Crippen LogP contribution in [-0.4, -0.2) is 37.2 Å². The predicted molar refractivity (Wildman–Crippen MR) is 293 cm³/mol. The number of hydrogen-bond donors (Lipinski definition) is 0. The van der Waals surface area contributed by atoms with Crippen LogP contribution in [0.3, 0.4) is 0 Å². The summed E-state index contributed by atoms with van der Waals surface area (Å²) in [6.07, 6.45) is 70.6. The molecule has 0 aliphatic rings. The molecule has 0 aliphatic carbocycles. The van der Waals surface area contributed by atoms with Crippen LogP contribution < -0.4 is 0 Å². The van der Waals surface area contributed by atoms with Gasteiger partial charge in [0.15, 0.2) is 6.10 Å². The number of carbonyl (C=O) groups is 3. The lowest BCUT2D eigenvalue weighted by Crippen LogP contribution is -2.30. The third-order valence-electron chi connectivity index (χ3n) is 12.7. The number of hydrogen-bond acceptors (Lipinski definition) is 6. The number of allylic oxidation sites excluding steroid dienone is 10. The van der Waals surface area contributed by atoms with Crippen LogP contribution in [0.4, 0.5) is 0 Å². The van der Waals surface area contributed by atoms with E-state index in [1.54, 1.807) is 0 Å². The van der Waals surface area contributed by atoms with Crippen molar-refractivity contribution in [3.8, 4) is 0 Å². The maximum absolute atomic E-state index is 12.8. The van der Waals surface area contributed by atoms with E-state index in [-0.39, 0.29) is 31.1 Å². The van der Waals surface area contributed by atoms with E-state index in [4.69, 9.17) is 14.2 Å². The van der Waals surface area contributed by atoms with Crippen molar-refractivity contribution in [1.29, 1.82) is 0 Å². The van der Waals surface area contributed by atoms with E-state index >= 15 is 0 Å². The third kappa shape index (κ3) is 54.1. The van der Waals surface area contributed by atoms with Crippen molar-refractivity contribution >= 4 is 17.9 Å². The Hall–Kier alpha value is -2.89. The normalized spacial score (nSPS) is 12.5. The Bertz CT molecular complexity index is 1230. The van der Waals surface area contributed by atoms with E-state index in [1.165, 1.54) is 154 Å². The minimum absolute atomic E-state index is 0.0819. The van der Waals surface area contributed by atoms with Crippen LogP contribution in [0.2, 0.25) is 0 Å². The molecule has 1 atom stereocenters. The fourth-order valence-electron chi connectivity index (χ4n) is 8.30. The quantitative estimate of drug-likeness (QED) is 0.0262. The van der Waals surface area contributed by atoms with Crippen molar-refractivity contribution < 1.29 is 28.6 Å². The summed E-state index contributed by atoms with van der Waals surface area (Å²) in [5.41, 5.74) is 0. The second kappa shape index (κ2) is 56.7. The standard InChI is InChI=1S/C62H110O6/c1-4-7-10-13-16-19-22-25-27-29-30-31-32-33-35-37-40-43-46-49-52-55-61(64)67-58-59(57-66-60(63)54-51-48-45-42-39-36-24-21-18-15-12-9-6-3)68-62(65)56-53-50-47-44-41-38-34-28-26-23-20-17-14-11-8-5-2/h20,22-23,25,28-30,32-34,59H,4-19,21,24,26-27,31,35-58H2,1-3H3/b23-20-,25-22-,30-29-,33-32-,34-28-. The molecule has 0 aromatic carbocycles. The molecule has 1 unspecified atom stereocenters. The van der Waals surface area contributed by atoms with E-state index in [0.29, 0.717) is 19.3 Å². The zero-order valence-corrected chi connectivity index (χ0v) is 45.1. The number of esters is 3. The Morgan fingerprint density at radius 1 is 0.294 bits per heavy atom. The maximum Gasteiger partial charge on any atom is 0.306 e. The van der Waals surface area contributed by atoms with Crippen LogP contribution in [0.1, 0.15) is 297 Å². The van der Waals surface area contributed by atoms with Gasteiger partial charge in [-0.15, -0.1) is 0 Å². The first kappa shape index (κ1) is 65.1. The molecule has 6 nitrogen and oxygen atoms in total. The number of carbonyl (C=O) groups excluding carboxylic acids is 3. The van der Waals surface area contributed by atoms with Gasteiger partial charge >= 0.3 is 17.9 Å². The van der Waals surface area contributed by atoms with Gasteiger partial charge in [0.2, 0.25) is 0 Å². The van der Waals surface area contributed by atoms with Crippen molar-refractivity contribution in [3.63, 3.8) is 0 Å². The summed E-state index contributed by atoms with van der Waals surface area (Å²) in [4.78, 5) is 38.1. The summed E-state index contributed by atoms with van der Waals surface area (Å²) < 4.78 is 16.9. The Balaban J connectivity index is 4.38. The highest BCUT2D eigenvalue weighted by atomic mass is 16.6. The van der Waals surface area contributed by atoms with Gasteiger partial charge in [-0.25, -0.2) is 0 Å². The topological polar surface area (TPSA) is 78.9 Å². The highest BCUT2D eigenvalue weighted by Crippen LogP contribution is 2.15. The molecule has 0 aliphatic heterocycles. The van der Waals surface area contributed by atoms with Gasteiger partial charge in [0.05, 0.1) is 0 Å². The lowest BCUT2D eigenvalue weighted by Gasteiger charge is -2.18. The summed E-state index contributed by atoms with van der Waals surface area (Å²) in [5.74, 6) is -0.897. The summed E-state index contributed by atoms with van der Waals surface area (Å²) in [6.45, 7) is 6.61. The van der Waals surface area contributed by atoms with Crippen LogP contribution in [0, 0.1) is 0 Å². The van der Waals surface area contributed by atoms with Crippen LogP contribution in [-0.2, 0) is 28.6 Å². The summed E-state index contributed by atoms with van der Waals surface area (Å²) >= 11 is 0. The van der Waals surface area contributed by atoms with Crippen molar-refractivity contribution in [2.45, 2.75) is 303 Å². The molecule has 6 heteroatoms. The van der Waals surface area contributed by atoms with Gasteiger partial charge in [0.25, 0.3) is 0 Å². The monoisotopic (exact) mass is 951 g/mol. The van der Waals surface area contributed by atoms with Gasteiger partial charge in [-0.1, -0.05) is 248 Å². The molecule has 0 spiro atoms. The largest absolute Gasteiger partial charge is 0.462 e. The highest BCUT2D eigenvalue weighted by molar-refractivity contribution is 5.71. The molecule has 0 radical (unpaired) electrons. The van der Waals surface area contributed by atoms with Gasteiger partial charge in [0, 0.05) is 19.3 Å². The molecule has 0 aromatic heterocycles. The van der Waals surface area contributed by atoms with Crippen molar-refractivity contribution in [3.05, 3.63) is 60.8 Å². The summed E-state index contributed by atoms with van der Waals surface area (Å²) in [7, 11) is 0. The van der Waals surface area contributed by atoms with Gasteiger partial charge in [-0.3, -0.25) is 14.4 Å². The molecule has 0 heterocycles. The van der Waals surface area contributed by atoms with E-state index in [0.717, 1.165) is 103 Å². The van der Waals surface area contributed by atoms with Crippen LogP contribution in [0.15, 0.2) is 60.8 Å². The first-order chi connectivity index (χ1) is 33.5. The molecule has 0 amide bonds. The molecular formula is C62H110O6. The van der Waals surface area contributed by atoms with Gasteiger partial charge in [-0.2, -0.15) is 0 Å². The fraction of sp³-hybridized carbons (Fsp3) is 0.790. The van der Waals surface area contributed by atoms with Crippen LogP contribution in [0.25, 0.3) is 0 Å². The molecule has 0 saturated heterocycles. The average Bonchev–Trinajstić information content (AvgIpc) is 3.34. The third-order valence-corrected chi connectivity index (χ3v) is 12.7. The minimum atomic E-state index is -0.785. The first-order valence-electron chi connectivity index (χ1n) is 29.3. The van der Waals surface area contributed by atoms with E-state index in [2.05, 4.69) is 81.5 Å². The number of unbranched alkanes of at least 4 members (excludes halogenated alkanes) is 32. The maximum atomic E-state index is 12.8. The van der Waals surface area contributed by atoms with E-state index < -0.39 is 6.10 Å². The van der Waals surface area contributed by atoms with Crippen LogP contribution in [0.5, 0.6) is 0 Å². The van der Waals surface area contributed by atoms with Crippen molar-refractivity contribution in [2.75, 3.05) is 13.2 Å². The molecule has 0 aromatic rings. The summed E-state index contributed by atoms with van der Waals surface area (Å²) in [5, 5.41) is 0. The average molecular weight is 952 g/mol. The molecule has 0 fully saturated rings. The van der Waals surface area contributed by atoms with E-state index in [9.17, 15) is 14.4 Å². The minimum Gasteiger partial charge on any atom is -0.462 e. The molecule has 0 bridgehead atoms. The molecule has 0 saturated carbocycles. The Morgan fingerprint density at radius 2 is 0.529 bits per heavy atom. The SMILES string of the molecule is CCCCCC/C=C\C/C=C\CCCCCCCC(=O)OC(COC(=O)CCCCCCCC/C=C\C/C=C\C/C=C\CCCCCCC)COC(=O)CCCCCCCCCCCCCCC. The molecular weight excluding hydrogens is 841 g/mol. The van der Waals surface area contributed by atoms with Gasteiger partial charge in [-0.05, 0) is 89.9 Å². The highest BCUT2D eigenvalue weighted by Gasteiger charge is 2.19. The van der Waals surface area contributed by atoms with Crippen molar-refractivity contribution in [1.82, 2.24) is 0 Å². The Kier molecular flexibility index (Phi) is 54.3. The number of ether oxygens (including phenoxy) is 3. The zero-order chi connectivity index (χ0) is 49.3. The molecule has 0 N–H and O–H groups in total. The Morgan fingerprint density at radius 3 is 0.838 bits per heavy atom. The summed E-state index contributed by atoms with van der Waals surface area (Å²) in [6, 6.07) is 0. The zero-order valence-electron chi connectivity index (χ0n) is 45.1. The fourth-order valence-corrected chi connectivity index (χ4v) is 8.30. The molecule has 0 rings (SSSR count).